The van der Waals surface area contributed by atoms with Crippen molar-refractivity contribution in [2.45, 2.75) is 44.1 Å². The molecule has 0 radical (unpaired) electrons. The van der Waals surface area contributed by atoms with Gasteiger partial charge in [-0.2, -0.15) is 16.7 Å². The lowest BCUT2D eigenvalue weighted by atomic mass is 10.0. The number of fused-ring (bicyclic) bond motifs is 1. The molecule has 10 heteroatoms. The standard InChI is InChI=1S/C23H29ClN4O4S/c1-13(7-8-33-2)25-15-5-3-14(4-6-15)21-17(24)10-18-22(27-21)28-23(26-18)32-16-9-19(30)20(11-29)31-12-16/h3-6,10,13,16,19-20,25,29-30H,7-9,11-12H2,1-2H3,(H,26,27,28)/t13?,16-,19+,20-/m1/s1. The maximum Gasteiger partial charge on any atom is 0.296 e. The zero-order valence-electron chi connectivity index (χ0n) is 18.6. The second kappa shape index (κ2) is 10.9. The molecule has 178 valence electrons. The molecular formula is C23H29ClN4O4S. The number of thioether (sulfide) groups is 1. The summed E-state index contributed by atoms with van der Waals surface area (Å²) in [5, 5.41) is 23.2. The van der Waals surface area contributed by atoms with Gasteiger partial charge in [-0.25, -0.2) is 4.98 Å². The number of nitrogens with zero attached hydrogens (tertiary/aromatic N) is 2. The topological polar surface area (TPSA) is 113 Å². The largest absolute Gasteiger partial charge is 0.459 e. The fourth-order valence-electron chi connectivity index (χ4n) is 3.78. The summed E-state index contributed by atoms with van der Waals surface area (Å²) in [7, 11) is 0. The molecule has 0 saturated carbocycles. The summed E-state index contributed by atoms with van der Waals surface area (Å²) in [4.78, 5) is 12.1. The monoisotopic (exact) mass is 492 g/mol. The molecular weight excluding hydrogens is 464 g/mol. The van der Waals surface area contributed by atoms with Crippen molar-refractivity contribution >= 4 is 40.2 Å². The van der Waals surface area contributed by atoms with Crippen LogP contribution >= 0.6 is 23.4 Å². The van der Waals surface area contributed by atoms with Gasteiger partial charge in [-0.15, -0.1) is 0 Å². The van der Waals surface area contributed by atoms with E-state index in [1.165, 1.54) is 0 Å². The zero-order valence-corrected chi connectivity index (χ0v) is 20.2. The van der Waals surface area contributed by atoms with Gasteiger partial charge in [-0.1, -0.05) is 23.7 Å². The van der Waals surface area contributed by atoms with Crippen LogP contribution in [0.25, 0.3) is 22.4 Å². The van der Waals surface area contributed by atoms with E-state index in [9.17, 15) is 10.2 Å². The summed E-state index contributed by atoms with van der Waals surface area (Å²) < 4.78 is 11.3. The number of pyridine rings is 1. The molecule has 3 aromatic rings. The molecule has 4 atom stereocenters. The summed E-state index contributed by atoms with van der Waals surface area (Å²) in [5.74, 6) is 1.12. The van der Waals surface area contributed by atoms with Crippen LogP contribution in [0.15, 0.2) is 30.3 Å². The second-order valence-electron chi connectivity index (χ2n) is 8.23. The van der Waals surface area contributed by atoms with E-state index in [4.69, 9.17) is 21.1 Å². The number of hydrogen-bond acceptors (Lipinski definition) is 8. The van der Waals surface area contributed by atoms with Gasteiger partial charge >= 0.3 is 0 Å². The summed E-state index contributed by atoms with van der Waals surface area (Å²) in [6.07, 6.45) is 1.82. The van der Waals surface area contributed by atoms with Crippen molar-refractivity contribution in [3.8, 4) is 17.3 Å². The van der Waals surface area contributed by atoms with Crippen molar-refractivity contribution in [3.63, 3.8) is 0 Å². The number of ether oxygens (including phenoxy) is 2. The van der Waals surface area contributed by atoms with Crippen LogP contribution < -0.4 is 10.1 Å². The summed E-state index contributed by atoms with van der Waals surface area (Å²) >= 11 is 8.37. The van der Waals surface area contributed by atoms with Crippen LogP contribution in [0.5, 0.6) is 6.01 Å². The Kier molecular flexibility index (Phi) is 7.98. The number of aromatic nitrogens is 3. The Labute approximate surface area is 202 Å². The number of anilines is 1. The average molecular weight is 493 g/mol. The Morgan fingerprint density at radius 2 is 2.12 bits per heavy atom. The third-order valence-corrected chi connectivity index (χ3v) is 6.55. The highest BCUT2D eigenvalue weighted by atomic mass is 35.5. The van der Waals surface area contributed by atoms with Crippen LogP contribution in [0.3, 0.4) is 0 Å². The molecule has 1 unspecified atom stereocenters. The van der Waals surface area contributed by atoms with Crippen LogP contribution in [0.2, 0.25) is 5.02 Å². The Morgan fingerprint density at radius 1 is 1.33 bits per heavy atom. The van der Waals surface area contributed by atoms with Crippen molar-refractivity contribution in [3.05, 3.63) is 35.4 Å². The number of benzene rings is 1. The van der Waals surface area contributed by atoms with Gasteiger partial charge in [0.15, 0.2) is 5.65 Å². The third-order valence-electron chi connectivity index (χ3n) is 5.62. The first-order valence-corrected chi connectivity index (χ1v) is 12.7. The van der Waals surface area contributed by atoms with Crippen LogP contribution in [0, 0.1) is 0 Å². The van der Waals surface area contributed by atoms with Gasteiger partial charge in [-0.3, -0.25) is 0 Å². The number of aliphatic hydroxyl groups is 2. The molecule has 1 aliphatic heterocycles. The van der Waals surface area contributed by atoms with E-state index in [2.05, 4.69) is 33.4 Å². The normalized spacial score (nSPS) is 21.8. The SMILES string of the molecule is CSCCC(C)Nc1ccc(-c2nc3nc(O[C@H]4CO[C@H](CO)[C@@H](O)C4)[nH]c3cc2Cl)cc1. The molecule has 0 aliphatic carbocycles. The van der Waals surface area contributed by atoms with E-state index in [1.807, 2.05) is 36.0 Å². The smallest absolute Gasteiger partial charge is 0.296 e. The van der Waals surface area contributed by atoms with E-state index in [0.717, 1.165) is 23.4 Å². The van der Waals surface area contributed by atoms with Gasteiger partial charge in [0.25, 0.3) is 6.01 Å². The highest BCUT2D eigenvalue weighted by molar-refractivity contribution is 7.98. The Hall–Kier alpha value is -2.04. The highest BCUT2D eigenvalue weighted by Gasteiger charge is 2.31. The van der Waals surface area contributed by atoms with Crippen LogP contribution in [0.4, 0.5) is 5.69 Å². The first kappa shape index (κ1) is 24.1. The number of halogens is 1. The lowest BCUT2D eigenvalue weighted by Gasteiger charge is -2.31. The van der Waals surface area contributed by atoms with Crippen molar-refractivity contribution < 1.29 is 19.7 Å². The van der Waals surface area contributed by atoms with Crippen molar-refractivity contribution in [1.29, 1.82) is 0 Å². The molecule has 3 heterocycles. The Morgan fingerprint density at radius 3 is 2.82 bits per heavy atom. The van der Waals surface area contributed by atoms with Crippen molar-refractivity contribution in [2.75, 3.05) is 30.5 Å². The molecule has 1 aromatic carbocycles. The second-order valence-corrected chi connectivity index (χ2v) is 9.63. The number of imidazole rings is 1. The zero-order chi connectivity index (χ0) is 23.4. The quantitative estimate of drug-likeness (QED) is 0.357. The number of aliphatic hydroxyl groups excluding tert-OH is 2. The summed E-state index contributed by atoms with van der Waals surface area (Å²) in [6, 6.07) is 10.5. The minimum Gasteiger partial charge on any atom is -0.459 e. The van der Waals surface area contributed by atoms with E-state index in [-0.39, 0.29) is 25.3 Å². The van der Waals surface area contributed by atoms with Crippen LogP contribution in [0.1, 0.15) is 19.8 Å². The van der Waals surface area contributed by atoms with Crippen molar-refractivity contribution in [1.82, 2.24) is 15.0 Å². The van der Waals surface area contributed by atoms with Gasteiger partial charge in [0.2, 0.25) is 0 Å². The first-order valence-electron chi connectivity index (χ1n) is 11.0. The first-order chi connectivity index (χ1) is 16.0. The number of aromatic amines is 1. The molecule has 1 saturated heterocycles. The van der Waals surface area contributed by atoms with E-state index < -0.39 is 12.2 Å². The highest BCUT2D eigenvalue weighted by Crippen LogP contribution is 2.31. The lowest BCUT2D eigenvalue weighted by molar-refractivity contribution is -0.131. The maximum atomic E-state index is 10.0. The van der Waals surface area contributed by atoms with Gasteiger partial charge in [0.05, 0.1) is 35.6 Å². The Bertz CT molecular complexity index is 1060. The fraction of sp³-hybridized carbons (Fsp3) is 0.478. The molecule has 1 aliphatic rings. The van der Waals surface area contributed by atoms with Gasteiger partial charge in [-0.05, 0) is 43.6 Å². The molecule has 4 N–H and O–H groups in total. The predicted molar refractivity (Wildman–Crippen MR) is 132 cm³/mol. The molecule has 2 aromatic heterocycles. The lowest BCUT2D eigenvalue weighted by Crippen LogP contribution is -2.45. The molecule has 0 bridgehead atoms. The predicted octanol–water partition coefficient (Wildman–Crippen LogP) is 3.72. The van der Waals surface area contributed by atoms with Crippen LogP contribution in [-0.2, 0) is 4.74 Å². The molecule has 0 amide bonds. The molecule has 1 fully saturated rings. The van der Waals surface area contributed by atoms with Gasteiger partial charge in [0, 0.05) is 23.7 Å². The van der Waals surface area contributed by atoms with E-state index >= 15 is 0 Å². The summed E-state index contributed by atoms with van der Waals surface area (Å²) in [6.45, 7) is 2.21. The average Bonchev–Trinajstić information content (AvgIpc) is 3.18. The van der Waals surface area contributed by atoms with Crippen molar-refractivity contribution in [2.24, 2.45) is 0 Å². The molecule has 4 rings (SSSR count). The van der Waals surface area contributed by atoms with Crippen LogP contribution in [-0.4, -0.2) is 74.7 Å². The molecule has 33 heavy (non-hydrogen) atoms. The van der Waals surface area contributed by atoms with E-state index in [0.29, 0.717) is 34.3 Å². The third kappa shape index (κ3) is 5.91. The maximum absolute atomic E-state index is 10.0. The Balaban J connectivity index is 1.46. The van der Waals surface area contributed by atoms with E-state index in [1.54, 1.807) is 6.07 Å². The number of H-pyrrole nitrogens is 1. The minimum atomic E-state index is -0.789. The molecule has 8 nitrogen and oxygen atoms in total. The summed E-state index contributed by atoms with van der Waals surface area (Å²) in [5.41, 5.74) is 3.74. The van der Waals surface area contributed by atoms with Gasteiger partial charge in [0.1, 0.15) is 12.2 Å². The number of rotatable bonds is 9. The molecule has 0 spiro atoms. The fourth-order valence-corrected chi connectivity index (χ4v) is 4.62. The number of hydrogen-bond donors (Lipinski definition) is 4. The van der Waals surface area contributed by atoms with Gasteiger partial charge < -0.3 is 30.0 Å². The minimum absolute atomic E-state index is 0.224. The number of nitrogens with one attached hydrogen (secondary N) is 2.